The van der Waals surface area contributed by atoms with Crippen LogP contribution in [0.25, 0.3) is 0 Å². The number of nitrogens with one attached hydrogen (secondary N) is 2. The van der Waals surface area contributed by atoms with Crippen LogP contribution in [0.5, 0.6) is 0 Å². The molecule has 0 radical (unpaired) electrons. The SMILES string of the molecule is CCNC(=O)c1cccc(NC(=O)CSc2ncc(C)cn2)c1. The second-order valence-electron chi connectivity index (χ2n) is 4.82. The summed E-state index contributed by atoms with van der Waals surface area (Å²) in [5.74, 6) is -0.132. The molecule has 2 amide bonds. The molecule has 120 valence electrons. The predicted molar refractivity (Wildman–Crippen MR) is 90.6 cm³/mol. The fourth-order valence-corrected chi connectivity index (χ4v) is 2.37. The molecule has 0 unspecified atom stereocenters. The Hall–Kier alpha value is -2.41. The van der Waals surface area contributed by atoms with Gasteiger partial charge in [-0.25, -0.2) is 9.97 Å². The van der Waals surface area contributed by atoms with E-state index in [2.05, 4.69) is 20.6 Å². The number of carbonyl (C=O) groups excluding carboxylic acids is 2. The molecule has 0 bridgehead atoms. The number of carbonyl (C=O) groups is 2. The molecule has 0 aliphatic carbocycles. The van der Waals surface area contributed by atoms with Gasteiger partial charge in [-0.05, 0) is 37.6 Å². The summed E-state index contributed by atoms with van der Waals surface area (Å²) in [5, 5.41) is 6.04. The molecular weight excluding hydrogens is 312 g/mol. The molecule has 1 aromatic heterocycles. The second kappa shape index (κ2) is 8.28. The molecule has 2 aromatic rings. The smallest absolute Gasteiger partial charge is 0.251 e. The molecule has 6 nitrogen and oxygen atoms in total. The normalized spacial score (nSPS) is 10.2. The van der Waals surface area contributed by atoms with Crippen molar-refractivity contribution in [3.05, 3.63) is 47.8 Å². The predicted octanol–water partition coefficient (Wildman–Crippen LogP) is 2.27. The minimum absolute atomic E-state index is 0.161. The molecule has 1 heterocycles. The maximum atomic E-state index is 12.0. The van der Waals surface area contributed by atoms with Gasteiger partial charge in [0.15, 0.2) is 5.16 Å². The van der Waals surface area contributed by atoms with E-state index in [9.17, 15) is 9.59 Å². The fourth-order valence-electron chi connectivity index (χ4n) is 1.78. The van der Waals surface area contributed by atoms with Crippen LogP contribution in [0.3, 0.4) is 0 Å². The number of aryl methyl sites for hydroxylation is 1. The first-order valence-electron chi connectivity index (χ1n) is 7.18. The lowest BCUT2D eigenvalue weighted by molar-refractivity contribution is -0.113. The van der Waals surface area contributed by atoms with E-state index in [0.29, 0.717) is 23.0 Å². The highest BCUT2D eigenvalue weighted by Gasteiger charge is 2.08. The highest BCUT2D eigenvalue weighted by atomic mass is 32.2. The molecule has 0 aliphatic heterocycles. The molecule has 0 atom stereocenters. The Bertz CT molecular complexity index is 689. The Morgan fingerprint density at radius 1 is 1.22 bits per heavy atom. The van der Waals surface area contributed by atoms with Crippen LogP contribution in [0.4, 0.5) is 5.69 Å². The molecule has 7 heteroatoms. The largest absolute Gasteiger partial charge is 0.352 e. The molecule has 0 saturated heterocycles. The number of hydrogen-bond acceptors (Lipinski definition) is 5. The second-order valence-corrected chi connectivity index (χ2v) is 5.76. The number of benzene rings is 1. The Morgan fingerprint density at radius 2 is 1.96 bits per heavy atom. The summed E-state index contributed by atoms with van der Waals surface area (Å²) < 4.78 is 0. The quantitative estimate of drug-likeness (QED) is 0.627. The van der Waals surface area contributed by atoms with Crippen LogP contribution < -0.4 is 10.6 Å². The maximum Gasteiger partial charge on any atom is 0.251 e. The molecule has 1 aromatic carbocycles. The third-order valence-electron chi connectivity index (χ3n) is 2.84. The minimum Gasteiger partial charge on any atom is -0.352 e. The Labute approximate surface area is 139 Å². The molecular formula is C16H18N4O2S. The van der Waals surface area contributed by atoms with Gasteiger partial charge in [-0.3, -0.25) is 9.59 Å². The molecule has 2 N–H and O–H groups in total. The van der Waals surface area contributed by atoms with Crippen LogP contribution in [0.1, 0.15) is 22.8 Å². The summed E-state index contributed by atoms with van der Waals surface area (Å²) in [5.41, 5.74) is 2.07. The van der Waals surface area contributed by atoms with E-state index in [0.717, 1.165) is 5.56 Å². The number of nitrogens with zero attached hydrogens (tertiary/aromatic N) is 2. The van der Waals surface area contributed by atoms with E-state index >= 15 is 0 Å². The third kappa shape index (κ3) is 5.37. The van der Waals surface area contributed by atoms with Gasteiger partial charge >= 0.3 is 0 Å². The van der Waals surface area contributed by atoms with Crippen molar-refractivity contribution in [1.82, 2.24) is 15.3 Å². The first-order valence-corrected chi connectivity index (χ1v) is 8.16. The summed E-state index contributed by atoms with van der Waals surface area (Å²) in [6.07, 6.45) is 3.42. The van der Waals surface area contributed by atoms with Crippen LogP contribution in [-0.2, 0) is 4.79 Å². The summed E-state index contributed by atoms with van der Waals surface area (Å²) >= 11 is 1.26. The van der Waals surface area contributed by atoms with Gasteiger partial charge in [-0.2, -0.15) is 0 Å². The van der Waals surface area contributed by atoms with E-state index in [4.69, 9.17) is 0 Å². The standard InChI is InChI=1S/C16H18N4O2S/c1-3-17-15(22)12-5-4-6-13(7-12)20-14(21)10-23-16-18-8-11(2)9-19-16/h4-9H,3,10H2,1-2H3,(H,17,22)(H,20,21). The third-order valence-corrected chi connectivity index (χ3v) is 3.71. The molecule has 23 heavy (non-hydrogen) atoms. The van der Waals surface area contributed by atoms with Crippen molar-refractivity contribution in [3.63, 3.8) is 0 Å². The van der Waals surface area contributed by atoms with Gasteiger partial charge in [0.25, 0.3) is 5.91 Å². The molecule has 0 saturated carbocycles. The van der Waals surface area contributed by atoms with Crippen molar-refractivity contribution >= 4 is 29.3 Å². The summed E-state index contributed by atoms with van der Waals surface area (Å²) in [6.45, 7) is 4.32. The van der Waals surface area contributed by atoms with Gasteiger partial charge in [0, 0.05) is 30.2 Å². The zero-order valence-corrected chi connectivity index (χ0v) is 13.8. The van der Waals surface area contributed by atoms with Gasteiger partial charge in [0.2, 0.25) is 5.91 Å². The highest BCUT2D eigenvalue weighted by molar-refractivity contribution is 7.99. The topological polar surface area (TPSA) is 84.0 Å². The molecule has 0 spiro atoms. The zero-order chi connectivity index (χ0) is 16.7. The fraction of sp³-hybridized carbons (Fsp3) is 0.250. The number of rotatable bonds is 6. The number of hydrogen-bond donors (Lipinski definition) is 2. The van der Waals surface area contributed by atoms with E-state index in [1.807, 2.05) is 13.8 Å². The summed E-state index contributed by atoms with van der Waals surface area (Å²) in [4.78, 5) is 32.0. The summed E-state index contributed by atoms with van der Waals surface area (Å²) in [7, 11) is 0. The molecule has 0 aliphatic rings. The number of aromatic nitrogens is 2. The van der Waals surface area contributed by atoms with Gasteiger partial charge in [-0.1, -0.05) is 17.8 Å². The first-order chi connectivity index (χ1) is 11.1. The van der Waals surface area contributed by atoms with Crippen molar-refractivity contribution in [3.8, 4) is 0 Å². The van der Waals surface area contributed by atoms with Gasteiger partial charge in [0.1, 0.15) is 0 Å². The number of amides is 2. The van der Waals surface area contributed by atoms with Crippen LogP contribution in [0, 0.1) is 6.92 Å². The van der Waals surface area contributed by atoms with E-state index in [-0.39, 0.29) is 17.6 Å². The Kier molecular flexibility index (Phi) is 6.10. The molecule has 0 fully saturated rings. The van der Waals surface area contributed by atoms with E-state index in [1.165, 1.54) is 11.8 Å². The average molecular weight is 330 g/mol. The number of thioether (sulfide) groups is 1. The van der Waals surface area contributed by atoms with Gasteiger partial charge < -0.3 is 10.6 Å². The van der Waals surface area contributed by atoms with Crippen molar-refractivity contribution < 1.29 is 9.59 Å². The lowest BCUT2D eigenvalue weighted by Crippen LogP contribution is -2.23. The lowest BCUT2D eigenvalue weighted by atomic mass is 10.2. The zero-order valence-electron chi connectivity index (χ0n) is 13.0. The van der Waals surface area contributed by atoms with Crippen molar-refractivity contribution in [2.75, 3.05) is 17.6 Å². The average Bonchev–Trinajstić information content (AvgIpc) is 2.55. The van der Waals surface area contributed by atoms with Crippen LogP contribution in [-0.4, -0.2) is 34.1 Å². The first kappa shape index (κ1) is 17.0. The number of anilines is 1. The van der Waals surface area contributed by atoms with Crippen LogP contribution >= 0.6 is 11.8 Å². The van der Waals surface area contributed by atoms with Gasteiger partial charge in [-0.15, -0.1) is 0 Å². The minimum atomic E-state index is -0.174. The lowest BCUT2D eigenvalue weighted by Gasteiger charge is -2.07. The van der Waals surface area contributed by atoms with Crippen LogP contribution in [0.15, 0.2) is 41.8 Å². The Morgan fingerprint density at radius 3 is 2.65 bits per heavy atom. The monoisotopic (exact) mass is 330 g/mol. The Balaban J connectivity index is 1.91. The summed E-state index contributed by atoms with van der Waals surface area (Å²) in [6, 6.07) is 6.83. The van der Waals surface area contributed by atoms with Gasteiger partial charge in [0.05, 0.1) is 5.75 Å². The van der Waals surface area contributed by atoms with Crippen molar-refractivity contribution in [1.29, 1.82) is 0 Å². The van der Waals surface area contributed by atoms with Crippen LogP contribution in [0.2, 0.25) is 0 Å². The van der Waals surface area contributed by atoms with Crippen molar-refractivity contribution in [2.45, 2.75) is 19.0 Å². The van der Waals surface area contributed by atoms with Crippen molar-refractivity contribution in [2.24, 2.45) is 0 Å². The van der Waals surface area contributed by atoms with E-state index < -0.39 is 0 Å². The maximum absolute atomic E-state index is 12.0. The van der Waals surface area contributed by atoms with E-state index in [1.54, 1.807) is 36.7 Å². The molecule has 2 rings (SSSR count). The highest BCUT2D eigenvalue weighted by Crippen LogP contribution is 2.14.